The number of carbonyl (C=O) groups is 1. The van der Waals surface area contributed by atoms with Crippen molar-refractivity contribution < 1.29 is 9.53 Å². The van der Waals surface area contributed by atoms with Crippen LogP contribution in [-0.4, -0.2) is 75.8 Å². The molecule has 1 fully saturated rings. The molecule has 31 heavy (non-hydrogen) atoms. The maximum Gasteiger partial charge on any atom is 0.227 e. The molecule has 0 bridgehead atoms. The number of methoxy groups -OCH3 is 1. The lowest BCUT2D eigenvalue weighted by Gasteiger charge is -2.33. The number of ether oxygens (including phenoxy) is 1. The average Bonchev–Trinajstić information content (AvgIpc) is 3.22. The number of likely N-dealkylation sites (tertiary alicyclic amines) is 1. The largest absolute Gasteiger partial charge is 0.385 e. The maximum absolute atomic E-state index is 12.7. The normalized spacial score (nSPS) is 17.6. The van der Waals surface area contributed by atoms with Gasteiger partial charge in [-0.15, -0.1) is 0 Å². The molecule has 2 heterocycles. The number of nitrogens with one attached hydrogen (secondary N) is 2. The van der Waals surface area contributed by atoms with E-state index in [9.17, 15) is 4.79 Å². The molecule has 1 aromatic rings. The summed E-state index contributed by atoms with van der Waals surface area (Å²) in [5, 5.41) is 6.95. The van der Waals surface area contributed by atoms with E-state index < -0.39 is 0 Å². The molecule has 0 atom stereocenters. The minimum Gasteiger partial charge on any atom is -0.385 e. The third kappa shape index (κ3) is 7.21. The molecule has 0 spiro atoms. The van der Waals surface area contributed by atoms with Crippen LogP contribution in [0.2, 0.25) is 0 Å². The molecule has 7 heteroatoms. The van der Waals surface area contributed by atoms with Crippen molar-refractivity contribution in [3.8, 4) is 0 Å². The van der Waals surface area contributed by atoms with Gasteiger partial charge < -0.3 is 25.2 Å². The molecule has 2 aliphatic heterocycles. The number of hydrogen-bond acceptors (Lipinski definition) is 4. The van der Waals surface area contributed by atoms with Gasteiger partial charge in [-0.3, -0.25) is 9.79 Å². The fourth-order valence-electron chi connectivity index (χ4n) is 4.40. The fraction of sp³-hybridized carbons (Fsp3) is 0.667. The number of amides is 1. The second kappa shape index (κ2) is 12.7. The summed E-state index contributed by atoms with van der Waals surface area (Å²) < 4.78 is 5.15. The quantitative estimate of drug-likeness (QED) is 0.340. The van der Waals surface area contributed by atoms with E-state index in [1.54, 1.807) is 7.11 Å². The Balaban J connectivity index is 1.38. The summed E-state index contributed by atoms with van der Waals surface area (Å²) in [6.07, 6.45) is 5.62. The molecular weight excluding hydrogens is 390 g/mol. The lowest BCUT2D eigenvalue weighted by atomic mass is 10.1. The summed E-state index contributed by atoms with van der Waals surface area (Å²) in [5.74, 6) is 1.08. The Morgan fingerprint density at radius 1 is 1.19 bits per heavy atom. The summed E-state index contributed by atoms with van der Waals surface area (Å²) >= 11 is 0. The Kier molecular flexibility index (Phi) is 9.62. The van der Waals surface area contributed by atoms with Crippen molar-refractivity contribution in [3.63, 3.8) is 0 Å². The number of carbonyl (C=O) groups excluding carboxylic acids is 1. The number of fused-ring (bicyclic) bond motifs is 1. The van der Waals surface area contributed by atoms with E-state index in [4.69, 9.17) is 9.73 Å². The average molecular weight is 430 g/mol. The van der Waals surface area contributed by atoms with Gasteiger partial charge in [-0.05, 0) is 50.7 Å². The molecule has 0 radical (unpaired) electrons. The van der Waals surface area contributed by atoms with Gasteiger partial charge in [0.25, 0.3) is 0 Å². The third-order valence-electron chi connectivity index (χ3n) is 6.10. The summed E-state index contributed by atoms with van der Waals surface area (Å²) in [6.45, 7) is 8.57. The van der Waals surface area contributed by atoms with Crippen LogP contribution in [0.3, 0.4) is 0 Å². The molecule has 172 valence electrons. The molecule has 2 aliphatic rings. The number of anilines is 1. The van der Waals surface area contributed by atoms with Gasteiger partial charge in [0.05, 0.1) is 0 Å². The van der Waals surface area contributed by atoms with Crippen molar-refractivity contribution in [2.75, 3.05) is 57.9 Å². The zero-order valence-electron chi connectivity index (χ0n) is 19.2. The third-order valence-corrected chi connectivity index (χ3v) is 6.10. The fourth-order valence-corrected chi connectivity index (χ4v) is 4.40. The molecule has 1 saturated heterocycles. The van der Waals surface area contributed by atoms with Crippen LogP contribution in [0.25, 0.3) is 0 Å². The molecule has 0 saturated carbocycles. The van der Waals surface area contributed by atoms with Gasteiger partial charge in [-0.25, -0.2) is 0 Å². The number of para-hydroxylation sites is 1. The number of benzene rings is 1. The van der Waals surface area contributed by atoms with E-state index in [1.165, 1.54) is 5.56 Å². The molecule has 7 nitrogen and oxygen atoms in total. The number of nitrogens with zero attached hydrogens (tertiary/aromatic N) is 3. The number of rotatable bonds is 10. The Labute approximate surface area is 187 Å². The van der Waals surface area contributed by atoms with Gasteiger partial charge in [0, 0.05) is 71.1 Å². The molecule has 0 aromatic heterocycles. The monoisotopic (exact) mass is 429 g/mol. The van der Waals surface area contributed by atoms with Crippen LogP contribution >= 0.6 is 0 Å². The minimum absolute atomic E-state index is 0.207. The lowest BCUT2D eigenvalue weighted by Crippen LogP contribution is -2.48. The second-order valence-corrected chi connectivity index (χ2v) is 8.39. The van der Waals surface area contributed by atoms with Gasteiger partial charge in [0.15, 0.2) is 5.96 Å². The summed E-state index contributed by atoms with van der Waals surface area (Å²) in [7, 11) is 1.76. The van der Waals surface area contributed by atoms with Crippen LogP contribution in [0, 0.1) is 0 Å². The maximum atomic E-state index is 12.7. The molecule has 3 rings (SSSR count). The Bertz CT molecular complexity index is 716. The molecule has 1 amide bonds. The molecule has 0 aliphatic carbocycles. The van der Waals surface area contributed by atoms with Crippen LogP contribution in [0.15, 0.2) is 29.3 Å². The van der Waals surface area contributed by atoms with Gasteiger partial charge >= 0.3 is 0 Å². The Morgan fingerprint density at radius 2 is 2.00 bits per heavy atom. The first-order chi connectivity index (χ1) is 15.2. The van der Waals surface area contributed by atoms with Gasteiger partial charge in [0.1, 0.15) is 0 Å². The Morgan fingerprint density at radius 3 is 2.77 bits per heavy atom. The first kappa shape index (κ1) is 23.5. The van der Waals surface area contributed by atoms with Gasteiger partial charge in [-0.1, -0.05) is 18.2 Å². The highest BCUT2D eigenvalue weighted by atomic mass is 16.5. The van der Waals surface area contributed by atoms with Crippen molar-refractivity contribution in [1.82, 2.24) is 15.5 Å². The predicted molar refractivity (Wildman–Crippen MR) is 127 cm³/mol. The van der Waals surface area contributed by atoms with Crippen LogP contribution in [0.5, 0.6) is 0 Å². The molecule has 0 unspecified atom stereocenters. The zero-order valence-corrected chi connectivity index (χ0v) is 19.2. The first-order valence-corrected chi connectivity index (χ1v) is 11.9. The highest BCUT2D eigenvalue weighted by molar-refractivity contribution is 5.95. The van der Waals surface area contributed by atoms with E-state index in [1.807, 2.05) is 17.0 Å². The minimum atomic E-state index is 0.207. The molecule has 1 aromatic carbocycles. The molecular formula is C24H39N5O2. The highest BCUT2D eigenvalue weighted by Crippen LogP contribution is 2.28. The van der Waals surface area contributed by atoms with Crippen molar-refractivity contribution in [2.45, 2.75) is 51.5 Å². The first-order valence-electron chi connectivity index (χ1n) is 11.9. The van der Waals surface area contributed by atoms with Crippen molar-refractivity contribution >= 4 is 17.6 Å². The number of aliphatic imine (C=N–C) groups is 1. The van der Waals surface area contributed by atoms with E-state index in [0.717, 1.165) is 83.1 Å². The van der Waals surface area contributed by atoms with Crippen molar-refractivity contribution in [1.29, 1.82) is 0 Å². The summed E-state index contributed by atoms with van der Waals surface area (Å²) in [6, 6.07) is 8.67. The standard InChI is InChI=1S/C24H39N5O2/c1-3-25-24(27-21-12-16-28(17-13-21)15-7-19-31-2)26-14-6-10-23(30)29-18-11-20-8-4-5-9-22(20)29/h4-5,8-9,21H,3,6-7,10-19H2,1-2H3,(H2,25,26,27). The Hall–Kier alpha value is -2.12. The summed E-state index contributed by atoms with van der Waals surface area (Å²) in [5.41, 5.74) is 2.36. The number of guanidine groups is 1. The van der Waals surface area contributed by atoms with E-state index >= 15 is 0 Å². The van der Waals surface area contributed by atoms with Gasteiger partial charge in [0.2, 0.25) is 5.91 Å². The summed E-state index contributed by atoms with van der Waals surface area (Å²) in [4.78, 5) is 21.8. The van der Waals surface area contributed by atoms with E-state index in [-0.39, 0.29) is 5.91 Å². The highest BCUT2D eigenvalue weighted by Gasteiger charge is 2.23. The van der Waals surface area contributed by atoms with Gasteiger partial charge in [-0.2, -0.15) is 0 Å². The lowest BCUT2D eigenvalue weighted by molar-refractivity contribution is -0.118. The predicted octanol–water partition coefficient (Wildman–Crippen LogP) is 2.41. The number of hydrogen-bond donors (Lipinski definition) is 2. The van der Waals surface area contributed by atoms with E-state index in [0.29, 0.717) is 19.0 Å². The SMILES string of the molecule is CCNC(=NCCCC(=O)N1CCc2ccccc21)NC1CCN(CCCOC)CC1. The van der Waals surface area contributed by atoms with Crippen LogP contribution in [-0.2, 0) is 16.0 Å². The topological polar surface area (TPSA) is 69.2 Å². The van der Waals surface area contributed by atoms with Crippen LogP contribution in [0.1, 0.15) is 44.6 Å². The second-order valence-electron chi connectivity index (χ2n) is 8.39. The number of piperidine rings is 1. The molecule has 2 N–H and O–H groups in total. The zero-order chi connectivity index (χ0) is 21.9. The van der Waals surface area contributed by atoms with Crippen LogP contribution in [0.4, 0.5) is 5.69 Å². The van der Waals surface area contributed by atoms with Crippen molar-refractivity contribution in [3.05, 3.63) is 29.8 Å². The smallest absolute Gasteiger partial charge is 0.227 e. The van der Waals surface area contributed by atoms with Crippen molar-refractivity contribution in [2.24, 2.45) is 4.99 Å². The van der Waals surface area contributed by atoms with E-state index in [2.05, 4.69) is 34.6 Å². The van der Waals surface area contributed by atoms with Crippen LogP contribution < -0.4 is 15.5 Å².